The molecule has 1 saturated carbocycles. The van der Waals surface area contributed by atoms with Gasteiger partial charge in [-0.1, -0.05) is 13.8 Å². The van der Waals surface area contributed by atoms with Crippen LogP contribution in [-0.4, -0.2) is 67.9 Å². The zero-order valence-electron chi connectivity index (χ0n) is 28.2. The summed E-state index contributed by atoms with van der Waals surface area (Å²) in [6.45, 7) is 9.57. The third kappa shape index (κ3) is 8.30. The molecule has 0 unspecified atom stereocenters. The number of carbonyl (C=O) groups is 1. The number of carboxylic acid groups (broad SMARTS) is 1. The Morgan fingerprint density at radius 3 is 2.57 bits per heavy atom. The van der Waals surface area contributed by atoms with E-state index in [0.717, 1.165) is 98.9 Å². The molecule has 3 N–H and O–H groups in total. The second kappa shape index (κ2) is 15.1. The molecule has 11 heteroatoms. The van der Waals surface area contributed by atoms with Gasteiger partial charge in [0.1, 0.15) is 17.5 Å². The van der Waals surface area contributed by atoms with E-state index in [1.54, 1.807) is 0 Å². The third-order valence-corrected chi connectivity index (χ3v) is 10.6. The lowest BCUT2D eigenvalue weighted by Gasteiger charge is -2.35. The zero-order valence-corrected chi connectivity index (χ0v) is 28.2. The maximum atomic E-state index is 13.8. The first-order valence-electron chi connectivity index (χ1n) is 17.6. The molecule has 4 heterocycles. The predicted molar refractivity (Wildman–Crippen MR) is 182 cm³/mol. The highest BCUT2D eigenvalue weighted by atomic mass is 19.1. The van der Waals surface area contributed by atoms with Gasteiger partial charge in [0.05, 0.1) is 30.4 Å². The molecule has 254 valence electrons. The van der Waals surface area contributed by atoms with Crippen LogP contribution >= 0.6 is 0 Å². The first-order chi connectivity index (χ1) is 22.7. The van der Waals surface area contributed by atoms with Crippen LogP contribution in [0.1, 0.15) is 87.5 Å². The van der Waals surface area contributed by atoms with E-state index in [4.69, 9.17) is 9.97 Å². The van der Waals surface area contributed by atoms with Crippen molar-refractivity contribution in [1.82, 2.24) is 30.0 Å². The van der Waals surface area contributed by atoms with Crippen LogP contribution in [0.2, 0.25) is 0 Å². The van der Waals surface area contributed by atoms with Crippen LogP contribution < -0.4 is 15.5 Å². The SMILES string of the molecule is CC[C@@H](NCc1nc2c(c(N[C@@H](CN3CCC[C@H](C)C3)c3cnn(C)c3)n1)CN(c1ccc(F)cc1)CC2)C1CCC(C(=O)O)CC1. The van der Waals surface area contributed by atoms with Crippen LogP contribution in [0.15, 0.2) is 36.7 Å². The molecule has 3 aromatic rings. The fourth-order valence-electron chi connectivity index (χ4n) is 7.90. The van der Waals surface area contributed by atoms with Crippen molar-refractivity contribution in [3.63, 3.8) is 0 Å². The Morgan fingerprint density at radius 2 is 1.89 bits per heavy atom. The summed E-state index contributed by atoms with van der Waals surface area (Å²) in [7, 11) is 1.96. The number of rotatable bonds is 12. The molecule has 1 aromatic carbocycles. The highest BCUT2D eigenvalue weighted by Gasteiger charge is 2.31. The molecule has 47 heavy (non-hydrogen) atoms. The average Bonchev–Trinajstić information content (AvgIpc) is 3.51. The van der Waals surface area contributed by atoms with E-state index in [9.17, 15) is 14.3 Å². The lowest BCUT2D eigenvalue weighted by molar-refractivity contribution is -0.143. The highest BCUT2D eigenvalue weighted by molar-refractivity contribution is 5.70. The molecule has 0 radical (unpaired) electrons. The van der Waals surface area contributed by atoms with E-state index >= 15 is 0 Å². The van der Waals surface area contributed by atoms with Gasteiger partial charge < -0.3 is 25.5 Å². The Bertz CT molecular complexity index is 1490. The number of hydrogen-bond acceptors (Lipinski definition) is 8. The highest BCUT2D eigenvalue weighted by Crippen LogP contribution is 2.33. The molecule has 6 rings (SSSR count). The Labute approximate surface area is 278 Å². The summed E-state index contributed by atoms with van der Waals surface area (Å²) in [4.78, 5) is 26.7. The Hall–Kier alpha value is -3.57. The van der Waals surface area contributed by atoms with Gasteiger partial charge in [-0.25, -0.2) is 14.4 Å². The van der Waals surface area contributed by atoms with Crippen molar-refractivity contribution in [2.75, 3.05) is 36.4 Å². The largest absolute Gasteiger partial charge is 0.481 e. The van der Waals surface area contributed by atoms with Gasteiger partial charge in [0.25, 0.3) is 0 Å². The van der Waals surface area contributed by atoms with E-state index in [-0.39, 0.29) is 17.8 Å². The van der Waals surface area contributed by atoms with E-state index in [1.807, 2.05) is 30.1 Å². The maximum Gasteiger partial charge on any atom is 0.306 e. The number of halogens is 1. The van der Waals surface area contributed by atoms with Crippen molar-refractivity contribution >= 4 is 17.5 Å². The zero-order chi connectivity index (χ0) is 32.9. The van der Waals surface area contributed by atoms with Crippen molar-refractivity contribution < 1.29 is 14.3 Å². The van der Waals surface area contributed by atoms with Gasteiger partial charge in [-0.15, -0.1) is 0 Å². The Kier molecular flexibility index (Phi) is 10.7. The molecule has 2 aliphatic heterocycles. The summed E-state index contributed by atoms with van der Waals surface area (Å²) in [5, 5.41) is 21.6. The number of nitrogens with zero attached hydrogens (tertiary/aromatic N) is 6. The number of carboxylic acids is 1. The molecular formula is C36H51FN8O2. The first kappa shape index (κ1) is 33.3. The van der Waals surface area contributed by atoms with Crippen molar-refractivity contribution in [2.45, 2.75) is 90.4 Å². The van der Waals surface area contributed by atoms with Crippen LogP contribution in [0.4, 0.5) is 15.9 Å². The number of fused-ring (bicyclic) bond motifs is 1. The number of aryl methyl sites for hydroxylation is 1. The van der Waals surface area contributed by atoms with Crippen LogP contribution in [0.25, 0.3) is 0 Å². The van der Waals surface area contributed by atoms with E-state index in [0.29, 0.717) is 31.0 Å². The topological polar surface area (TPSA) is 111 Å². The first-order valence-corrected chi connectivity index (χ1v) is 17.6. The number of likely N-dealkylation sites (tertiary alicyclic amines) is 1. The van der Waals surface area contributed by atoms with E-state index in [2.05, 4.69) is 45.6 Å². The molecule has 2 aromatic heterocycles. The molecule has 1 saturated heterocycles. The van der Waals surface area contributed by atoms with E-state index < -0.39 is 5.97 Å². The number of aliphatic carboxylic acids is 1. The Morgan fingerprint density at radius 1 is 1.11 bits per heavy atom. The van der Waals surface area contributed by atoms with Crippen molar-refractivity contribution in [3.8, 4) is 0 Å². The second-order valence-corrected chi connectivity index (χ2v) is 14.1. The number of piperidine rings is 1. The average molecular weight is 647 g/mol. The van der Waals surface area contributed by atoms with Crippen molar-refractivity contribution in [3.05, 3.63) is 65.1 Å². The van der Waals surface area contributed by atoms with Gasteiger partial charge >= 0.3 is 5.97 Å². The number of hydrogen-bond donors (Lipinski definition) is 3. The minimum atomic E-state index is -0.663. The van der Waals surface area contributed by atoms with Gasteiger partial charge in [0.2, 0.25) is 0 Å². The summed E-state index contributed by atoms with van der Waals surface area (Å²) in [5.74, 6) is 1.65. The lowest BCUT2D eigenvalue weighted by atomic mass is 9.78. The van der Waals surface area contributed by atoms with Crippen LogP contribution in [-0.2, 0) is 31.4 Å². The molecule has 0 spiro atoms. The van der Waals surface area contributed by atoms with Crippen LogP contribution in [0.5, 0.6) is 0 Å². The number of anilines is 2. The number of nitrogens with one attached hydrogen (secondary N) is 2. The second-order valence-electron chi connectivity index (χ2n) is 14.1. The molecule has 0 bridgehead atoms. The van der Waals surface area contributed by atoms with Gasteiger partial charge in [-0.2, -0.15) is 5.10 Å². The number of aromatic nitrogens is 4. The van der Waals surface area contributed by atoms with Crippen LogP contribution in [0, 0.1) is 23.6 Å². The van der Waals surface area contributed by atoms with Gasteiger partial charge in [0.15, 0.2) is 0 Å². The Balaban J connectivity index is 1.26. The number of benzene rings is 1. The smallest absolute Gasteiger partial charge is 0.306 e. The summed E-state index contributed by atoms with van der Waals surface area (Å²) in [6, 6.07) is 7.02. The summed E-state index contributed by atoms with van der Waals surface area (Å²) >= 11 is 0. The van der Waals surface area contributed by atoms with Gasteiger partial charge in [-0.05, 0) is 87.6 Å². The molecule has 1 aliphatic carbocycles. The monoisotopic (exact) mass is 646 g/mol. The minimum absolute atomic E-state index is 0.00261. The fourth-order valence-corrected chi connectivity index (χ4v) is 7.90. The van der Waals surface area contributed by atoms with Gasteiger partial charge in [0, 0.05) is 68.7 Å². The summed E-state index contributed by atoms with van der Waals surface area (Å²) in [6.07, 6.45) is 11.6. The molecule has 2 fully saturated rings. The molecule has 3 aliphatic rings. The minimum Gasteiger partial charge on any atom is -0.481 e. The fraction of sp³-hybridized carbons (Fsp3) is 0.611. The van der Waals surface area contributed by atoms with E-state index in [1.165, 1.54) is 25.0 Å². The van der Waals surface area contributed by atoms with Crippen LogP contribution in [0.3, 0.4) is 0 Å². The summed E-state index contributed by atoms with van der Waals surface area (Å²) < 4.78 is 15.6. The van der Waals surface area contributed by atoms with Crippen molar-refractivity contribution in [1.29, 1.82) is 0 Å². The third-order valence-electron chi connectivity index (χ3n) is 10.6. The van der Waals surface area contributed by atoms with Gasteiger partial charge in [-0.3, -0.25) is 9.48 Å². The predicted octanol–water partition coefficient (Wildman–Crippen LogP) is 5.56. The van der Waals surface area contributed by atoms with Crippen molar-refractivity contribution in [2.24, 2.45) is 24.8 Å². The molecule has 3 atom stereocenters. The molecular weight excluding hydrogens is 595 g/mol. The quantitative estimate of drug-likeness (QED) is 0.233. The lowest BCUT2D eigenvalue weighted by Crippen LogP contribution is -2.40. The normalized spacial score (nSPS) is 23.2. The summed E-state index contributed by atoms with van der Waals surface area (Å²) in [5.41, 5.74) is 4.27. The molecule has 10 nitrogen and oxygen atoms in total. The maximum absolute atomic E-state index is 13.8. The molecule has 0 amide bonds. The standard InChI is InChI=1S/C36H51FN8O2/c1-4-31(25-7-9-26(10-8-25)36(46)47)38-19-34-40-32-15-17-45(29-13-11-28(37)12-14-29)22-30(32)35(42-34)41-33(27-18-39-43(3)21-27)23-44-16-5-6-24(2)20-44/h11-14,18,21,24-26,31,33,38H,4-10,15-17,19-20,22-23H2,1-3H3,(H,46,47)(H,40,41,42)/t24-,25?,26?,31+,33-/m0/s1.